The molecule has 5 heteroatoms. The Morgan fingerprint density at radius 1 is 1.33 bits per heavy atom. The first-order valence-electron chi connectivity index (χ1n) is 7.04. The molecule has 4 nitrogen and oxygen atoms in total. The smallest absolute Gasteiger partial charge is 0.230 e. The minimum atomic E-state index is 0.171. The summed E-state index contributed by atoms with van der Waals surface area (Å²) >= 11 is 1.70. The number of thioether (sulfide) groups is 1. The summed E-state index contributed by atoms with van der Waals surface area (Å²) in [5, 5.41) is 6.40. The maximum Gasteiger partial charge on any atom is 0.230 e. The lowest BCUT2D eigenvalue weighted by Crippen LogP contribution is -2.46. The Labute approximate surface area is 114 Å². The van der Waals surface area contributed by atoms with E-state index in [-0.39, 0.29) is 5.91 Å². The van der Waals surface area contributed by atoms with Crippen molar-refractivity contribution in [2.24, 2.45) is 0 Å². The van der Waals surface area contributed by atoms with Gasteiger partial charge in [-0.25, -0.2) is 0 Å². The molecular weight excluding hydrogens is 248 g/mol. The van der Waals surface area contributed by atoms with Crippen molar-refractivity contribution in [3.05, 3.63) is 0 Å². The van der Waals surface area contributed by atoms with Gasteiger partial charge in [0.2, 0.25) is 5.91 Å². The summed E-state index contributed by atoms with van der Waals surface area (Å²) in [4.78, 5) is 11.8. The van der Waals surface area contributed by atoms with E-state index < -0.39 is 0 Å². The molecule has 2 fully saturated rings. The van der Waals surface area contributed by atoms with Crippen LogP contribution in [-0.2, 0) is 9.53 Å². The fraction of sp³-hybridized carbons (Fsp3) is 0.923. The summed E-state index contributed by atoms with van der Waals surface area (Å²) in [6, 6.07) is 0.331. The van der Waals surface area contributed by atoms with Gasteiger partial charge in [0, 0.05) is 24.9 Å². The zero-order valence-corrected chi connectivity index (χ0v) is 11.8. The van der Waals surface area contributed by atoms with Crippen molar-refractivity contribution in [2.45, 2.75) is 44.2 Å². The average molecular weight is 272 g/mol. The third-order valence-electron chi connectivity index (χ3n) is 3.47. The van der Waals surface area contributed by atoms with Crippen LogP contribution in [0.1, 0.15) is 32.1 Å². The molecule has 2 aliphatic rings. The fourth-order valence-electron chi connectivity index (χ4n) is 2.47. The zero-order valence-electron chi connectivity index (χ0n) is 11.0. The van der Waals surface area contributed by atoms with Crippen molar-refractivity contribution in [3.63, 3.8) is 0 Å². The molecule has 0 saturated carbocycles. The zero-order chi connectivity index (χ0) is 12.6. The van der Waals surface area contributed by atoms with Gasteiger partial charge in [0.15, 0.2) is 0 Å². The highest BCUT2D eigenvalue weighted by Crippen LogP contribution is 2.17. The minimum absolute atomic E-state index is 0.171. The Kier molecular flexibility index (Phi) is 6.31. The van der Waals surface area contributed by atoms with Gasteiger partial charge < -0.3 is 15.4 Å². The number of amides is 1. The van der Waals surface area contributed by atoms with Crippen LogP contribution in [0.3, 0.4) is 0 Å². The summed E-state index contributed by atoms with van der Waals surface area (Å²) in [6.07, 6.45) is 6.25. The first kappa shape index (κ1) is 14.2. The molecule has 2 aliphatic heterocycles. The summed E-state index contributed by atoms with van der Waals surface area (Å²) < 4.78 is 5.65. The molecule has 2 atom stereocenters. The highest BCUT2D eigenvalue weighted by atomic mass is 32.2. The molecule has 2 saturated heterocycles. The molecule has 2 heterocycles. The summed E-state index contributed by atoms with van der Waals surface area (Å²) in [5.41, 5.74) is 0. The van der Waals surface area contributed by atoms with Crippen LogP contribution in [0.2, 0.25) is 0 Å². The molecule has 18 heavy (non-hydrogen) atoms. The summed E-state index contributed by atoms with van der Waals surface area (Å²) in [7, 11) is 0. The fourth-order valence-corrected chi connectivity index (χ4v) is 3.38. The SMILES string of the molecule is O=C(CSCC1CCCCO1)N[C@H]1CCCNC1. The lowest BCUT2D eigenvalue weighted by atomic mass is 10.1. The number of carbonyl (C=O) groups excluding carboxylic acids is 1. The standard InChI is InChI=1S/C13H24N2O2S/c16-13(15-11-4-3-6-14-8-11)10-18-9-12-5-1-2-7-17-12/h11-12,14H,1-10H2,(H,15,16)/t11-,12?/m0/s1. The van der Waals surface area contributed by atoms with Crippen LogP contribution in [0, 0.1) is 0 Å². The first-order valence-corrected chi connectivity index (χ1v) is 8.19. The Morgan fingerprint density at radius 3 is 3.00 bits per heavy atom. The monoisotopic (exact) mass is 272 g/mol. The van der Waals surface area contributed by atoms with Crippen LogP contribution in [0.4, 0.5) is 0 Å². The second-order valence-corrected chi connectivity index (χ2v) is 6.14. The van der Waals surface area contributed by atoms with E-state index in [1.807, 2.05) is 0 Å². The normalized spacial score (nSPS) is 28.9. The molecule has 1 unspecified atom stereocenters. The molecule has 0 spiro atoms. The quantitative estimate of drug-likeness (QED) is 0.788. The van der Waals surface area contributed by atoms with Crippen molar-refractivity contribution in [1.82, 2.24) is 10.6 Å². The van der Waals surface area contributed by atoms with E-state index in [9.17, 15) is 4.79 Å². The van der Waals surface area contributed by atoms with Gasteiger partial charge >= 0.3 is 0 Å². The van der Waals surface area contributed by atoms with E-state index in [0.29, 0.717) is 17.9 Å². The molecule has 104 valence electrons. The van der Waals surface area contributed by atoms with Crippen molar-refractivity contribution >= 4 is 17.7 Å². The molecular formula is C13H24N2O2S. The number of nitrogens with one attached hydrogen (secondary N) is 2. The van der Waals surface area contributed by atoms with E-state index in [1.54, 1.807) is 11.8 Å². The average Bonchev–Trinajstić information content (AvgIpc) is 2.41. The van der Waals surface area contributed by atoms with Crippen LogP contribution in [0.15, 0.2) is 0 Å². The lowest BCUT2D eigenvalue weighted by Gasteiger charge is -2.24. The molecule has 1 amide bonds. The van der Waals surface area contributed by atoms with E-state index in [0.717, 1.165) is 44.7 Å². The van der Waals surface area contributed by atoms with Crippen molar-refractivity contribution in [2.75, 3.05) is 31.2 Å². The van der Waals surface area contributed by atoms with E-state index >= 15 is 0 Å². The number of piperidine rings is 1. The van der Waals surface area contributed by atoms with Crippen molar-refractivity contribution in [3.8, 4) is 0 Å². The molecule has 0 aliphatic carbocycles. The Bertz CT molecular complexity index is 251. The van der Waals surface area contributed by atoms with Crippen LogP contribution < -0.4 is 10.6 Å². The highest BCUT2D eigenvalue weighted by molar-refractivity contribution is 7.99. The highest BCUT2D eigenvalue weighted by Gasteiger charge is 2.17. The first-order chi connectivity index (χ1) is 8.84. The van der Waals surface area contributed by atoms with E-state index in [1.165, 1.54) is 12.8 Å². The number of rotatable bonds is 5. The third kappa shape index (κ3) is 5.16. The van der Waals surface area contributed by atoms with Crippen molar-refractivity contribution < 1.29 is 9.53 Å². The van der Waals surface area contributed by atoms with Crippen molar-refractivity contribution in [1.29, 1.82) is 0 Å². The third-order valence-corrected chi connectivity index (χ3v) is 4.55. The number of hydrogen-bond acceptors (Lipinski definition) is 4. The van der Waals surface area contributed by atoms with Gasteiger partial charge in [-0.1, -0.05) is 0 Å². The molecule has 2 rings (SSSR count). The molecule has 0 bridgehead atoms. The number of ether oxygens (including phenoxy) is 1. The van der Waals surface area contributed by atoms with E-state index in [2.05, 4.69) is 10.6 Å². The van der Waals surface area contributed by atoms with Gasteiger partial charge in [-0.3, -0.25) is 4.79 Å². The Balaban J connectivity index is 1.53. The molecule has 0 aromatic heterocycles. The topological polar surface area (TPSA) is 50.4 Å². The Hall–Kier alpha value is -0.260. The summed E-state index contributed by atoms with van der Waals surface area (Å²) in [5.74, 6) is 1.69. The maximum absolute atomic E-state index is 11.8. The summed E-state index contributed by atoms with van der Waals surface area (Å²) in [6.45, 7) is 2.90. The van der Waals surface area contributed by atoms with Crippen LogP contribution in [0.5, 0.6) is 0 Å². The molecule has 0 radical (unpaired) electrons. The lowest BCUT2D eigenvalue weighted by molar-refractivity contribution is -0.119. The van der Waals surface area contributed by atoms with Gasteiger partial charge in [0.1, 0.15) is 0 Å². The second-order valence-electron chi connectivity index (χ2n) is 5.11. The van der Waals surface area contributed by atoms with Gasteiger partial charge in [0.05, 0.1) is 11.9 Å². The number of hydrogen-bond donors (Lipinski definition) is 2. The van der Waals surface area contributed by atoms with Gasteiger partial charge in [-0.15, -0.1) is 11.8 Å². The Morgan fingerprint density at radius 2 is 2.28 bits per heavy atom. The van der Waals surface area contributed by atoms with Crippen LogP contribution >= 0.6 is 11.8 Å². The maximum atomic E-state index is 11.8. The van der Waals surface area contributed by atoms with Crippen LogP contribution in [0.25, 0.3) is 0 Å². The van der Waals surface area contributed by atoms with E-state index in [4.69, 9.17) is 4.74 Å². The van der Waals surface area contributed by atoms with Gasteiger partial charge in [-0.2, -0.15) is 0 Å². The molecule has 2 N–H and O–H groups in total. The molecule has 0 aromatic rings. The van der Waals surface area contributed by atoms with Gasteiger partial charge in [0.25, 0.3) is 0 Å². The second kappa shape index (κ2) is 8.02. The predicted molar refractivity (Wildman–Crippen MR) is 75.0 cm³/mol. The number of carbonyl (C=O) groups is 1. The predicted octanol–water partition coefficient (Wildman–Crippen LogP) is 1.16. The van der Waals surface area contributed by atoms with Crippen LogP contribution in [-0.4, -0.2) is 49.3 Å². The van der Waals surface area contributed by atoms with Gasteiger partial charge in [-0.05, 0) is 38.6 Å². The molecule has 0 aromatic carbocycles. The minimum Gasteiger partial charge on any atom is -0.377 e. The largest absolute Gasteiger partial charge is 0.377 e.